The summed E-state index contributed by atoms with van der Waals surface area (Å²) in [6, 6.07) is 2.55. The number of anilines is 2. The monoisotopic (exact) mass is 615 g/mol. The van der Waals surface area contributed by atoms with E-state index in [0.717, 1.165) is 22.0 Å². The molecule has 1 amide bonds. The van der Waals surface area contributed by atoms with E-state index in [-0.39, 0.29) is 46.7 Å². The van der Waals surface area contributed by atoms with Gasteiger partial charge in [0.15, 0.2) is 5.82 Å². The number of nitrogens with one attached hydrogen (secondary N) is 1. The van der Waals surface area contributed by atoms with Crippen LogP contribution in [0.1, 0.15) is 74.8 Å². The van der Waals surface area contributed by atoms with Gasteiger partial charge in [0, 0.05) is 31.4 Å². The molecule has 3 heterocycles. The van der Waals surface area contributed by atoms with Crippen molar-refractivity contribution in [3.63, 3.8) is 0 Å². The SMILES string of the molecule is CCCn1c(N)c(N=O)c(=O)n(C2CC2)c1=O.CCCn1c(NC(=O)c2ccc(Cl)nc2)c(N=O)c(=O)n(C2CC2)c1=O. The van der Waals surface area contributed by atoms with E-state index in [1.54, 1.807) is 0 Å². The second-order valence-electron chi connectivity index (χ2n) is 10.1. The van der Waals surface area contributed by atoms with Crippen LogP contribution in [-0.2, 0) is 13.1 Å². The number of carbonyl (C=O) groups excluding carboxylic acids is 1. The molecule has 2 aliphatic carbocycles. The first-order chi connectivity index (χ1) is 20.6. The number of nitrogen functional groups attached to an aromatic ring is 1. The fourth-order valence-electron chi connectivity index (χ4n) is 4.49. The zero-order valence-corrected chi connectivity index (χ0v) is 24.2. The molecule has 228 valence electrons. The number of halogens is 1. The highest BCUT2D eigenvalue weighted by Crippen LogP contribution is 2.34. The third-order valence-corrected chi connectivity index (χ3v) is 7.09. The van der Waals surface area contributed by atoms with Crippen LogP contribution in [0, 0.1) is 9.81 Å². The van der Waals surface area contributed by atoms with Crippen LogP contribution < -0.4 is 33.5 Å². The average molecular weight is 616 g/mol. The zero-order valence-electron chi connectivity index (χ0n) is 23.5. The number of pyridine rings is 1. The van der Waals surface area contributed by atoms with Gasteiger partial charge in [-0.05, 0) is 61.0 Å². The topological polar surface area (TPSA) is 215 Å². The molecular formula is C26H30ClN9O7. The lowest BCUT2D eigenvalue weighted by molar-refractivity contribution is 0.102. The van der Waals surface area contributed by atoms with E-state index in [4.69, 9.17) is 17.3 Å². The number of carbonyl (C=O) groups is 1. The highest BCUT2D eigenvalue weighted by atomic mass is 35.5. The number of hydrogen-bond acceptors (Lipinski definition) is 11. The van der Waals surface area contributed by atoms with E-state index in [9.17, 15) is 33.8 Å². The molecule has 0 radical (unpaired) electrons. The molecule has 3 N–H and O–H groups in total. The second-order valence-corrected chi connectivity index (χ2v) is 10.5. The van der Waals surface area contributed by atoms with Gasteiger partial charge in [0.1, 0.15) is 11.0 Å². The quantitative estimate of drug-likeness (QED) is 0.252. The minimum atomic E-state index is -0.788. The first kappa shape index (κ1) is 31.2. The van der Waals surface area contributed by atoms with Gasteiger partial charge in [0.2, 0.25) is 11.4 Å². The Morgan fingerprint density at radius 1 is 0.907 bits per heavy atom. The van der Waals surface area contributed by atoms with Crippen LogP contribution in [0.3, 0.4) is 0 Å². The third-order valence-electron chi connectivity index (χ3n) is 6.87. The molecule has 17 heteroatoms. The number of nitrogens with zero attached hydrogens (tertiary/aromatic N) is 7. The van der Waals surface area contributed by atoms with Crippen LogP contribution >= 0.6 is 11.6 Å². The van der Waals surface area contributed by atoms with Gasteiger partial charge in [-0.1, -0.05) is 25.4 Å². The number of aromatic nitrogens is 5. The predicted molar refractivity (Wildman–Crippen MR) is 160 cm³/mol. The van der Waals surface area contributed by atoms with E-state index < -0.39 is 34.1 Å². The summed E-state index contributed by atoms with van der Waals surface area (Å²) in [5.41, 5.74) is 2.49. The Labute approximate surface area is 248 Å². The van der Waals surface area contributed by atoms with Gasteiger partial charge in [0.05, 0.1) is 5.56 Å². The average Bonchev–Trinajstić information content (AvgIpc) is 3.91. The molecule has 5 rings (SSSR count). The van der Waals surface area contributed by atoms with Gasteiger partial charge in [-0.3, -0.25) is 32.7 Å². The highest BCUT2D eigenvalue weighted by Gasteiger charge is 2.32. The number of nitroso groups, excluding NO2 is 2. The van der Waals surface area contributed by atoms with Crippen LogP contribution in [0.2, 0.25) is 5.15 Å². The standard InChI is InChI=1S/C16H16ClN5O4.C10H14N4O3/c1-2-7-21-13(19-14(23)9-3-6-11(17)18-8-9)12(20-26)15(24)22(16(21)25)10-4-5-10;1-2-5-13-8(11)7(12-17)9(15)14(10(13)16)6-3-4-6/h3,6,8,10H,2,4-5,7H2,1H3,(H,19,23);6H,2-5,11H2,1H3. The summed E-state index contributed by atoms with van der Waals surface area (Å²) in [7, 11) is 0. The van der Waals surface area contributed by atoms with Crippen molar-refractivity contribution in [3.8, 4) is 0 Å². The van der Waals surface area contributed by atoms with Crippen molar-refractivity contribution in [2.45, 2.75) is 77.5 Å². The van der Waals surface area contributed by atoms with Gasteiger partial charge in [-0.2, -0.15) is 0 Å². The fraction of sp³-hybridized carbons (Fsp3) is 0.462. The van der Waals surface area contributed by atoms with Crippen molar-refractivity contribution in [2.24, 2.45) is 10.4 Å². The first-order valence-corrected chi connectivity index (χ1v) is 14.1. The fourth-order valence-corrected chi connectivity index (χ4v) is 4.60. The Bertz CT molecular complexity index is 1800. The molecule has 0 aliphatic heterocycles. The van der Waals surface area contributed by atoms with Crippen molar-refractivity contribution in [1.82, 2.24) is 23.3 Å². The lowest BCUT2D eigenvalue weighted by Crippen LogP contribution is -2.41. The maximum Gasteiger partial charge on any atom is 0.332 e. The molecule has 2 aliphatic rings. The Morgan fingerprint density at radius 3 is 1.88 bits per heavy atom. The molecule has 43 heavy (non-hydrogen) atoms. The molecule has 16 nitrogen and oxygen atoms in total. The van der Waals surface area contributed by atoms with Crippen LogP contribution in [-0.4, -0.2) is 29.2 Å². The van der Waals surface area contributed by atoms with Gasteiger partial charge in [-0.25, -0.2) is 14.6 Å². The van der Waals surface area contributed by atoms with Crippen molar-refractivity contribution in [3.05, 3.63) is 80.5 Å². The summed E-state index contributed by atoms with van der Waals surface area (Å²) in [4.78, 5) is 87.4. The maximum absolute atomic E-state index is 12.7. The van der Waals surface area contributed by atoms with Crippen molar-refractivity contribution < 1.29 is 4.79 Å². The predicted octanol–water partition coefficient (Wildman–Crippen LogP) is 3.19. The van der Waals surface area contributed by atoms with Crippen LogP contribution in [0.4, 0.5) is 23.0 Å². The molecule has 0 aromatic carbocycles. The van der Waals surface area contributed by atoms with Gasteiger partial charge >= 0.3 is 11.4 Å². The molecule has 0 saturated heterocycles. The largest absolute Gasteiger partial charge is 0.383 e. The highest BCUT2D eigenvalue weighted by molar-refractivity contribution is 6.29. The lowest BCUT2D eigenvalue weighted by Gasteiger charge is -2.16. The number of amides is 1. The molecule has 2 saturated carbocycles. The number of hydrogen-bond donors (Lipinski definition) is 2. The molecule has 3 aromatic rings. The van der Waals surface area contributed by atoms with Crippen molar-refractivity contribution in [1.29, 1.82) is 0 Å². The number of nitrogens with two attached hydrogens (primary N) is 1. The summed E-state index contributed by atoms with van der Waals surface area (Å²) in [5, 5.41) is 8.11. The molecule has 0 unspecified atom stereocenters. The van der Waals surface area contributed by atoms with E-state index in [1.165, 1.54) is 27.5 Å². The van der Waals surface area contributed by atoms with E-state index in [0.29, 0.717) is 32.2 Å². The summed E-state index contributed by atoms with van der Waals surface area (Å²) in [6.07, 6.45) is 5.45. The molecule has 3 aromatic heterocycles. The minimum absolute atomic E-state index is 0.0980. The Balaban J connectivity index is 0.000000215. The smallest absolute Gasteiger partial charge is 0.332 e. The van der Waals surface area contributed by atoms with Gasteiger partial charge in [-0.15, -0.1) is 9.81 Å². The maximum atomic E-state index is 12.7. The van der Waals surface area contributed by atoms with Crippen molar-refractivity contribution in [2.75, 3.05) is 11.1 Å². The second kappa shape index (κ2) is 13.1. The zero-order chi connectivity index (χ0) is 31.4. The lowest BCUT2D eigenvalue weighted by atomic mass is 10.2. The normalized spacial score (nSPS) is 14.0. The van der Waals surface area contributed by atoms with Crippen molar-refractivity contribution >= 4 is 40.5 Å². The summed E-state index contributed by atoms with van der Waals surface area (Å²) < 4.78 is 4.60. The molecule has 2 fully saturated rings. The Hall–Kier alpha value is -4.73. The first-order valence-electron chi connectivity index (χ1n) is 13.7. The Morgan fingerprint density at radius 2 is 1.42 bits per heavy atom. The molecule has 0 spiro atoms. The summed E-state index contributed by atoms with van der Waals surface area (Å²) >= 11 is 5.70. The van der Waals surface area contributed by atoms with E-state index >= 15 is 0 Å². The summed E-state index contributed by atoms with van der Waals surface area (Å²) in [6.45, 7) is 4.32. The van der Waals surface area contributed by atoms with Crippen LogP contribution in [0.5, 0.6) is 0 Å². The molecule has 0 bridgehead atoms. The third kappa shape index (κ3) is 6.38. The molecule has 0 atom stereocenters. The van der Waals surface area contributed by atoms with Crippen LogP contribution in [0.15, 0.2) is 47.9 Å². The van der Waals surface area contributed by atoms with Crippen LogP contribution in [0.25, 0.3) is 0 Å². The Kier molecular flexibility index (Phi) is 9.48. The minimum Gasteiger partial charge on any atom is -0.383 e. The summed E-state index contributed by atoms with van der Waals surface area (Å²) in [5.74, 6) is -0.964. The molecular weight excluding hydrogens is 586 g/mol. The van der Waals surface area contributed by atoms with E-state index in [1.807, 2.05) is 13.8 Å². The van der Waals surface area contributed by atoms with Gasteiger partial charge in [0.25, 0.3) is 17.0 Å². The number of rotatable bonds is 10. The van der Waals surface area contributed by atoms with Gasteiger partial charge < -0.3 is 11.1 Å². The van der Waals surface area contributed by atoms with E-state index in [2.05, 4.69) is 20.7 Å².